The summed E-state index contributed by atoms with van der Waals surface area (Å²) in [5.41, 5.74) is 0.889. The minimum atomic E-state index is 0.458. The van der Waals surface area contributed by atoms with Crippen molar-refractivity contribution in [1.29, 1.82) is 0 Å². The first-order valence-corrected chi connectivity index (χ1v) is 6.11. The van der Waals surface area contributed by atoms with Gasteiger partial charge in [-0.05, 0) is 25.8 Å². The molecular weight excluding hydrogens is 214 g/mol. The zero-order valence-corrected chi connectivity index (χ0v) is 9.90. The van der Waals surface area contributed by atoms with Crippen molar-refractivity contribution in [3.63, 3.8) is 0 Å². The lowest BCUT2D eigenvalue weighted by atomic mass is 10.0. The number of nitrogens with one attached hydrogen (secondary N) is 3. The van der Waals surface area contributed by atoms with Crippen LogP contribution < -0.4 is 10.6 Å². The van der Waals surface area contributed by atoms with Crippen molar-refractivity contribution in [1.82, 2.24) is 20.3 Å². The van der Waals surface area contributed by atoms with Gasteiger partial charge in [0.15, 0.2) is 0 Å². The summed E-state index contributed by atoms with van der Waals surface area (Å²) in [6, 6.07) is 3.10. The lowest BCUT2D eigenvalue weighted by Gasteiger charge is -2.28. The standard InChI is InChI=1S/C12H17N5/c1-8-2-3-9(6-14-8)17-12-10-4-5-13-11(10)15-7-16-12/h4-5,7-9,14H,2-3,6H2,1H3,(H2,13,15,16,17)/t8-,9+/m0/s1. The molecule has 0 amide bonds. The van der Waals surface area contributed by atoms with Gasteiger partial charge in [-0.15, -0.1) is 0 Å². The van der Waals surface area contributed by atoms with E-state index >= 15 is 0 Å². The van der Waals surface area contributed by atoms with Crippen molar-refractivity contribution in [2.45, 2.75) is 31.8 Å². The van der Waals surface area contributed by atoms with Crippen molar-refractivity contribution in [3.8, 4) is 0 Å². The number of aromatic amines is 1. The molecule has 1 aliphatic heterocycles. The van der Waals surface area contributed by atoms with Crippen LogP contribution >= 0.6 is 0 Å². The van der Waals surface area contributed by atoms with E-state index in [9.17, 15) is 0 Å². The van der Waals surface area contributed by atoms with Crippen molar-refractivity contribution >= 4 is 16.9 Å². The van der Waals surface area contributed by atoms with Gasteiger partial charge in [0.05, 0.1) is 5.39 Å². The third-order valence-corrected chi connectivity index (χ3v) is 3.36. The van der Waals surface area contributed by atoms with Crippen molar-refractivity contribution in [2.75, 3.05) is 11.9 Å². The van der Waals surface area contributed by atoms with Gasteiger partial charge < -0.3 is 15.6 Å². The van der Waals surface area contributed by atoms with E-state index in [1.165, 1.54) is 12.8 Å². The van der Waals surface area contributed by atoms with E-state index in [-0.39, 0.29) is 0 Å². The Balaban J connectivity index is 1.78. The van der Waals surface area contributed by atoms with Crippen LogP contribution in [0.2, 0.25) is 0 Å². The van der Waals surface area contributed by atoms with Gasteiger partial charge in [-0.25, -0.2) is 9.97 Å². The molecule has 2 aromatic rings. The molecular formula is C12H17N5. The van der Waals surface area contributed by atoms with E-state index < -0.39 is 0 Å². The first kappa shape index (κ1) is 10.5. The third kappa shape index (κ3) is 2.10. The first-order valence-electron chi connectivity index (χ1n) is 6.11. The minimum Gasteiger partial charge on any atom is -0.365 e. The molecule has 3 heterocycles. The molecule has 1 saturated heterocycles. The van der Waals surface area contributed by atoms with E-state index in [1.807, 2.05) is 12.3 Å². The Bertz CT molecular complexity index is 498. The van der Waals surface area contributed by atoms with Crippen LogP contribution in [0.25, 0.3) is 11.0 Å². The van der Waals surface area contributed by atoms with Crippen molar-refractivity contribution in [3.05, 3.63) is 18.6 Å². The van der Waals surface area contributed by atoms with Gasteiger partial charge in [-0.3, -0.25) is 0 Å². The molecule has 0 radical (unpaired) electrons. The number of aromatic nitrogens is 3. The van der Waals surface area contributed by atoms with Gasteiger partial charge in [0.1, 0.15) is 17.8 Å². The van der Waals surface area contributed by atoms with E-state index in [0.717, 1.165) is 23.4 Å². The van der Waals surface area contributed by atoms with E-state index in [1.54, 1.807) is 6.33 Å². The number of rotatable bonds is 2. The Labute approximate surface area is 100 Å². The van der Waals surface area contributed by atoms with Crippen LogP contribution in [0.15, 0.2) is 18.6 Å². The van der Waals surface area contributed by atoms with Crippen LogP contribution in [0.5, 0.6) is 0 Å². The lowest BCUT2D eigenvalue weighted by Crippen LogP contribution is -2.43. The van der Waals surface area contributed by atoms with E-state index in [0.29, 0.717) is 12.1 Å². The number of hydrogen-bond acceptors (Lipinski definition) is 4. The molecule has 0 unspecified atom stereocenters. The van der Waals surface area contributed by atoms with Gasteiger partial charge in [0.25, 0.3) is 0 Å². The van der Waals surface area contributed by atoms with Gasteiger partial charge in [-0.1, -0.05) is 0 Å². The molecule has 2 aromatic heterocycles. The highest BCUT2D eigenvalue weighted by Gasteiger charge is 2.18. The van der Waals surface area contributed by atoms with Gasteiger partial charge in [-0.2, -0.15) is 0 Å². The number of H-pyrrole nitrogens is 1. The summed E-state index contributed by atoms with van der Waals surface area (Å²) < 4.78 is 0. The molecule has 1 aliphatic rings. The predicted molar refractivity (Wildman–Crippen MR) is 68.0 cm³/mol. The van der Waals surface area contributed by atoms with Crippen LogP contribution in [-0.2, 0) is 0 Å². The average Bonchev–Trinajstić information content (AvgIpc) is 2.81. The Morgan fingerprint density at radius 3 is 3.12 bits per heavy atom. The molecule has 0 spiro atoms. The molecule has 17 heavy (non-hydrogen) atoms. The molecule has 2 atom stereocenters. The monoisotopic (exact) mass is 231 g/mol. The lowest BCUT2D eigenvalue weighted by molar-refractivity contribution is 0.398. The predicted octanol–water partition coefficient (Wildman–Crippen LogP) is 1.51. The zero-order valence-electron chi connectivity index (χ0n) is 9.90. The maximum Gasteiger partial charge on any atom is 0.142 e. The fourth-order valence-corrected chi connectivity index (χ4v) is 2.30. The Hall–Kier alpha value is -1.62. The zero-order chi connectivity index (χ0) is 11.7. The quantitative estimate of drug-likeness (QED) is 0.733. The van der Waals surface area contributed by atoms with Crippen LogP contribution in [-0.4, -0.2) is 33.6 Å². The van der Waals surface area contributed by atoms with E-state index in [2.05, 4.69) is 32.5 Å². The smallest absolute Gasteiger partial charge is 0.142 e. The number of hydrogen-bond donors (Lipinski definition) is 3. The fraction of sp³-hybridized carbons (Fsp3) is 0.500. The van der Waals surface area contributed by atoms with Crippen LogP contribution in [0.4, 0.5) is 5.82 Å². The highest BCUT2D eigenvalue weighted by Crippen LogP contribution is 2.20. The summed E-state index contributed by atoms with van der Waals surface area (Å²) in [5, 5.41) is 8.04. The summed E-state index contributed by atoms with van der Waals surface area (Å²) in [6.45, 7) is 3.22. The topological polar surface area (TPSA) is 65.6 Å². The second-order valence-electron chi connectivity index (χ2n) is 4.69. The molecule has 1 fully saturated rings. The highest BCUT2D eigenvalue weighted by molar-refractivity contribution is 5.86. The normalized spacial score (nSPS) is 25.0. The Morgan fingerprint density at radius 1 is 1.35 bits per heavy atom. The highest BCUT2D eigenvalue weighted by atomic mass is 15.1. The number of fused-ring (bicyclic) bond motifs is 1. The summed E-state index contributed by atoms with van der Waals surface area (Å²) in [4.78, 5) is 11.6. The molecule has 0 bridgehead atoms. The largest absolute Gasteiger partial charge is 0.365 e. The molecule has 5 heteroatoms. The second-order valence-corrected chi connectivity index (χ2v) is 4.69. The van der Waals surface area contributed by atoms with Crippen molar-refractivity contribution < 1.29 is 0 Å². The van der Waals surface area contributed by atoms with Gasteiger partial charge in [0.2, 0.25) is 0 Å². The number of piperidine rings is 1. The summed E-state index contributed by atoms with van der Waals surface area (Å²) in [5.74, 6) is 0.928. The van der Waals surface area contributed by atoms with Crippen LogP contribution in [0.3, 0.4) is 0 Å². The number of anilines is 1. The Morgan fingerprint density at radius 2 is 2.29 bits per heavy atom. The van der Waals surface area contributed by atoms with Gasteiger partial charge in [0, 0.05) is 24.8 Å². The summed E-state index contributed by atoms with van der Waals surface area (Å²) >= 11 is 0. The Kier molecular flexibility index (Phi) is 2.68. The van der Waals surface area contributed by atoms with Crippen LogP contribution in [0, 0.1) is 0 Å². The fourth-order valence-electron chi connectivity index (χ4n) is 2.30. The maximum atomic E-state index is 4.32. The first-order chi connectivity index (χ1) is 8.33. The molecule has 0 aromatic carbocycles. The number of nitrogens with zero attached hydrogens (tertiary/aromatic N) is 2. The molecule has 0 aliphatic carbocycles. The molecule has 5 nitrogen and oxygen atoms in total. The second kappa shape index (κ2) is 4.33. The SMILES string of the molecule is C[C@H]1CC[C@@H](Nc2ncnc3[nH]ccc23)CN1. The van der Waals surface area contributed by atoms with E-state index in [4.69, 9.17) is 0 Å². The van der Waals surface area contributed by atoms with Gasteiger partial charge >= 0.3 is 0 Å². The minimum absolute atomic E-state index is 0.458. The third-order valence-electron chi connectivity index (χ3n) is 3.36. The molecule has 3 rings (SSSR count). The van der Waals surface area contributed by atoms with Crippen LogP contribution in [0.1, 0.15) is 19.8 Å². The van der Waals surface area contributed by atoms with Crippen molar-refractivity contribution in [2.24, 2.45) is 0 Å². The molecule has 0 saturated carbocycles. The maximum absolute atomic E-state index is 4.32. The average molecular weight is 231 g/mol. The summed E-state index contributed by atoms with van der Waals surface area (Å²) in [6.07, 6.45) is 5.88. The summed E-state index contributed by atoms with van der Waals surface area (Å²) in [7, 11) is 0. The molecule has 3 N–H and O–H groups in total. The molecule has 90 valence electrons.